The van der Waals surface area contributed by atoms with Gasteiger partial charge >= 0.3 is 0 Å². The Bertz CT molecular complexity index is 603. The van der Waals surface area contributed by atoms with Crippen LogP contribution >= 0.6 is 0 Å². The zero-order valence-corrected chi connectivity index (χ0v) is 15.5. The maximum Gasteiger partial charge on any atom is 0.298 e. The van der Waals surface area contributed by atoms with Crippen molar-refractivity contribution in [1.82, 2.24) is 5.32 Å². The number of carbonyl (C=O) groups is 1. The molecular formula is C22H29NO2. The molecule has 0 saturated heterocycles. The average Bonchev–Trinajstić information content (AvgIpc) is 2.57. The van der Waals surface area contributed by atoms with Crippen molar-refractivity contribution in [3.05, 3.63) is 0 Å². The summed E-state index contributed by atoms with van der Waals surface area (Å²) in [6, 6.07) is 0. The van der Waals surface area contributed by atoms with Gasteiger partial charge in [-0.2, -0.15) is 0 Å². The molecular weight excluding hydrogens is 310 g/mol. The third-order valence-electron chi connectivity index (χ3n) is 3.32. The highest BCUT2D eigenvalue weighted by atomic mass is 16.3. The van der Waals surface area contributed by atoms with Crippen LogP contribution in [0.5, 0.6) is 0 Å². The Labute approximate surface area is 153 Å². The normalized spacial score (nSPS) is 9.72. The molecule has 0 spiro atoms. The highest BCUT2D eigenvalue weighted by molar-refractivity contribution is 5.94. The van der Waals surface area contributed by atoms with Crippen LogP contribution in [0.4, 0.5) is 0 Å². The second-order valence-electron chi connectivity index (χ2n) is 5.78. The molecule has 0 rings (SSSR count). The number of rotatable bonds is 10. The SMILES string of the molecule is CCCCCCCCCCCC#CC#CC#CC#CC(=O)NC(C)O. The molecule has 1 atom stereocenters. The van der Waals surface area contributed by atoms with Gasteiger partial charge in [0.25, 0.3) is 5.91 Å². The minimum absolute atomic E-state index is 0.571. The lowest BCUT2D eigenvalue weighted by molar-refractivity contribution is -0.118. The van der Waals surface area contributed by atoms with Crippen LogP contribution in [-0.2, 0) is 4.79 Å². The molecule has 0 bridgehead atoms. The molecule has 0 aromatic heterocycles. The Kier molecular flexibility index (Phi) is 16.3. The highest BCUT2D eigenvalue weighted by Gasteiger charge is 1.97. The standard InChI is InChI=1S/C22H29NO2/c1-3-4-5-6-7-8-9-10-11-12-13-14-15-16-17-18-19-20-22(25)23-21(2)24/h21,24H,3-12H2,1-2H3,(H,23,25). The van der Waals surface area contributed by atoms with E-state index in [2.05, 4.69) is 59.6 Å². The molecule has 0 radical (unpaired) electrons. The second-order valence-corrected chi connectivity index (χ2v) is 5.78. The number of aliphatic hydroxyl groups excluding tert-OH is 1. The van der Waals surface area contributed by atoms with E-state index in [1.165, 1.54) is 58.3 Å². The van der Waals surface area contributed by atoms with Gasteiger partial charge < -0.3 is 10.4 Å². The molecule has 0 heterocycles. The van der Waals surface area contributed by atoms with Gasteiger partial charge in [-0.3, -0.25) is 4.79 Å². The molecule has 1 unspecified atom stereocenters. The fraction of sp³-hybridized carbons (Fsp3) is 0.591. The fourth-order valence-electron chi connectivity index (χ4n) is 2.07. The number of hydrogen-bond donors (Lipinski definition) is 2. The summed E-state index contributed by atoms with van der Waals surface area (Å²) >= 11 is 0. The van der Waals surface area contributed by atoms with Crippen LogP contribution in [0.2, 0.25) is 0 Å². The van der Waals surface area contributed by atoms with Gasteiger partial charge in [0.05, 0.1) is 0 Å². The number of unbranched alkanes of at least 4 members (excludes halogenated alkanes) is 9. The van der Waals surface area contributed by atoms with Gasteiger partial charge in [0.1, 0.15) is 6.23 Å². The zero-order chi connectivity index (χ0) is 18.6. The Morgan fingerprint density at radius 2 is 1.36 bits per heavy atom. The Morgan fingerprint density at radius 1 is 0.840 bits per heavy atom. The topological polar surface area (TPSA) is 49.3 Å². The summed E-state index contributed by atoms with van der Waals surface area (Å²) in [5, 5.41) is 11.1. The summed E-state index contributed by atoms with van der Waals surface area (Å²) in [7, 11) is 0. The van der Waals surface area contributed by atoms with Gasteiger partial charge in [-0.05, 0) is 48.9 Å². The largest absolute Gasteiger partial charge is 0.374 e. The summed E-state index contributed by atoms with van der Waals surface area (Å²) in [4.78, 5) is 11.0. The number of hydrogen-bond acceptors (Lipinski definition) is 2. The number of amides is 1. The quantitative estimate of drug-likeness (QED) is 0.364. The Hall–Kier alpha value is -2.33. The molecule has 134 valence electrons. The minimum Gasteiger partial charge on any atom is -0.374 e. The Balaban J connectivity index is 3.67. The van der Waals surface area contributed by atoms with Gasteiger partial charge in [-0.25, -0.2) is 0 Å². The lowest BCUT2D eigenvalue weighted by Crippen LogP contribution is -2.30. The van der Waals surface area contributed by atoms with Crippen molar-refractivity contribution in [3.63, 3.8) is 0 Å². The molecule has 0 aliphatic rings. The van der Waals surface area contributed by atoms with E-state index in [0.29, 0.717) is 0 Å². The molecule has 0 aliphatic heterocycles. The fourth-order valence-corrected chi connectivity index (χ4v) is 2.07. The average molecular weight is 339 g/mol. The van der Waals surface area contributed by atoms with Crippen molar-refractivity contribution in [2.45, 2.75) is 84.3 Å². The van der Waals surface area contributed by atoms with Crippen LogP contribution in [-0.4, -0.2) is 17.2 Å². The van der Waals surface area contributed by atoms with Gasteiger partial charge in [0, 0.05) is 12.3 Å². The predicted octanol–water partition coefficient (Wildman–Crippen LogP) is 3.38. The smallest absolute Gasteiger partial charge is 0.298 e. The van der Waals surface area contributed by atoms with E-state index in [-0.39, 0.29) is 0 Å². The van der Waals surface area contributed by atoms with Crippen LogP contribution < -0.4 is 5.32 Å². The highest BCUT2D eigenvalue weighted by Crippen LogP contribution is 2.09. The van der Waals surface area contributed by atoms with E-state index in [4.69, 9.17) is 5.11 Å². The van der Waals surface area contributed by atoms with Gasteiger partial charge in [0.2, 0.25) is 0 Å². The van der Waals surface area contributed by atoms with Crippen molar-refractivity contribution in [2.24, 2.45) is 0 Å². The van der Waals surface area contributed by atoms with E-state index in [0.717, 1.165) is 12.8 Å². The van der Waals surface area contributed by atoms with Gasteiger partial charge in [-0.1, -0.05) is 64.2 Å². The van der Waals surface area contributed by atoms with Crippen LogP contribution in [0.3, 0.4) is 0 Å². The molecule has 0 aliphatic carbocycles. The summed E-state index contributed by atoms with van der Waals surface area (Å²) in [6.07, 6.45) is 11.7. The minimum atomic E-state index is -0.921. The van der Waals surface area contributed by atoms with E-state index in [1.54, 1.807) is 0 Å². The van der Waals surface area contributed by atoms with E-state index in [1.807, 2.05) is 0 Å². The van der Waals surface area contributed by atoms with Crippen LogP contribution in [0.1, 0.15) is 78.1 Å². The van der Waals surface area contributed by atoms with Crippen molar-refractivity contribution >= 4 is 5.91 Å². The predicted molar refractivity (Wildman–Crippen MR) is 103 cm³/mol. The van der Waals surface area contributed by atoms with Gasteiger partial charge in [0.15, 0.2) is 0 Å². The van der Waals surface area contributed by atoms with Crippen LogP contribution in [0.15, 0.2) is 0 Å². The first kappa shape index (κ1) is 22.7. The summed E-state index contributed by atoms with van der Waals surface area (Å²) in [5.74, 6) is 19.9. The first-order valence-electron chi connectivity index (χ1n) is 9.14. The summed E-state index contributed by atoms with van der Waals surface area (Å²) in [6.45, 7) is 3.68. The van der Waals surface area contributed by atoms with Crippen LogP contribution in [0, 0.1) is 47.4 Å². The maximum absolute atomic E-state index is 11.0. The molecule has 0 aromatic carbocycles. The Morgan fingerprint density at radius 3 is 1.96 bits per heavy atom. The van der Waals surface area contributed by atoms with E-state index >= 15 is 0 Å². The maximum atomic E-state index is 11.0. The molecule has 3 heteroatoms. The van der Waals surface area contributed by atoms with Gasteiger partial charge in [-0.15, -0.1) is 0 Å². The molecule has 0 fully saturated rings. The van der Waals surface area contributed by atoms with Crippen molar-refractivity contribution in [2.75, 3.05) is 0 Å². The van der Waals surface area contributed by atoms with E-state index in [9.17, 15) is 4.79 Å². The molecule has 0 saturated carbocycles. The number of nitrogens with one attached hydrogen (secondary N) is 1. The molecule has 2 N–H and O–H groups in total. The second kappa shape index (κ2) is 18.0. The molecule has 1 amide bonds. The first-order valence-corrected chi connectivity index (χ1v) is 9.14. The van der Waals surface area contributed by atoms with Crippen molar-refractivity contribution < 1.29 is 9.90 Å². The number of aliphatic hydroxyl groups is 1. The first-order chi connectivity index (χ1) is 12.2. The third-order valence-corrected chi connectivity index (χ3v) is 3.32. The summed E-state index contributed by atoms with van der Waals surface area (Å²) < 4.78 is 0. The lowest BCUT2D eigenvalue weighted by atomic mass is 10.1. The third kappa shape index (κ3) is 19.6. The lowest BCUT2D eigenvalue weighted by Gasteiger charge is -2.00. The summed E-state index contributed by atoms with van der Waals surface area (Å²) in [5.41, 5.74) is 0. The van der Waals surface area contributed by atoms with Crippen molar-refractivity contribution in [1.29, 1.82) is 0 Å². The van der Waals surface area contributed by atoms with Crippen LogP contribution in [0.25, 0.3) is 0 Å². The monoisotopic (exact) mass is 339 g/mol. The van der Waals surface area contributed by atoms with Crippen molar-refractivity contribution in [3.8, 4) is 47.4 Å². The molecule has 25 heavy (non-hydrogen) atoms. The molecule has 3 nitrogen and oxygen atoms in total. The zero-order valence-electron chi connectivity index (χ0n) is 15.5. The van der Waals surface area contributed by atoms with E-state index < -0.39 is 12.1 Å². The number of carbonyl (C=O) groups excluding carboxylic acids is 1. The molecule has 0 aromatic rings.